The summed E-state index contributed by atoms with van der Waals surface area (Å²) in [5, 5.41) is 5.37. The number of carbonyl (C=O) groups excluding carboxylic acids is 3. The van der Waals surface area contributed by atoms with Gasteiger partial charge in [-0.3, -0.25) is 19.2 Å². The van der Waals surface area contributed by atoms with Crippen LogP contribution in [0.2, 0.25) is 0 Å². The van der Waals surface area contributed by atoms with Gasteiger partial charge in [0.1, 0.15) is 6.04 Å². The number of benzene rings is 1. The topological polar surface area (TPSA) is 134 Å². The Hall–Kier alpha value is -3.42. The highest BCUT2D eigenvalue weighted by Crippen LogP contribution is 2.05. The van der Waals surface area contributed by atoms with Gasteiger partial charge in [-0.05, 0) is 17.5 Å². The van der Waals surface area contributed by atoms with Crippen molar-refractivity contribution >= 4 is 17.7 Å². The van der Waals surface area contributed by atoms with Gasteiger partial charge in [0.25, 0.3) is 0 Å². The molecule has 0 aliphatic heterocycles. The zero-order valence-electron chi connectivity index (χ0n) is 15.4. The van der Waals surface area contributed by atoms with E-state index in [4.69, 9.17) is 5.73 Å². The Morgan fingerprint density at radius 1 is 1.00 bits per heavy atom. The maximum absolute atomic E-state index is 12.5. The van der Waals surface area contributed by atoms with Crippen molar-refractivity contribution in [1.82, 2.24) is 15.6 Å². The van der Waals surface area contributed by atoms with Gasteiger partial charge in [0.05, 0.1) is 0 Å². The molecule has 1 aromatic carbocycles. The molecule has 0 aliphatic carbocycles. The molecule has 0 aliphatic rings. The third kappa shape index (κ3) is 7.45. The number of pyridine rings is 1. The first-order chi connectivity index (χ1) is 13.4. The molecule has 1 aromatic heterocycles. The molecule has 1 heterocycles. The molecule has 2 aromatic rings. The second-order valence-electron chi connectivity index (χ2n) is 6.38. The van der Waals surface area contributed by atoms with E-state index in [0.29, 0.717) is 12.8 Å². The van der Waals surface area contributed by atoms with Gasteiger partial charge < -0.3 is 21.4 Å². The van der Waals surface area contributed by atoms with Gasteiger partial charge in [0.15, 0.2) is 0 Å². The Bertz CT molecular complexity index is 844. The number of aromatic amines is 1. The molecule has 0 bridgehead atoms. The van der Waals surface area contributed by atoms with E-state index in [1.165, 1.54) is 6.07 Å². The highest BCUT2D eigenvalue weighted by molar-refractivity contribution is 5.88. The number of hydrogen-bond acceptors (Lipinski definition) is 4. The molecule has 1 unspecified atom stereocenters. The van der Waals surface area contributed by atoms with Gasteiger partial charge >= 0.3 is 0 Å². The van der Waals surface area contributed by atoms with Crippen LogP contribution in [0.5, 0.6) is 0 Å². The molecule has 5 N–H and O–H groups in total. The second kappa shape index (κ2) is 10.7. The van der Waals surface area contributed by atoms with Crippen molar-refractivity contribution in [3.8, 4) is 0 Å². The summed E-state index contributed by atoms with van der Waals surface area (Å²) in [5.74, 6) is -1.16. The highest BCUT2D eigenvalue weighted by atomic mass is 16.2. The first-order valence-electron chi connectivity index (χ1n) is 9.01. The molecule has 0 radical (unpaired) electrons. The summed E-state index contributed by atoms with van der Waals surface area (Å²) in [6, 6.07) is 11.6. The van der Waals surface area contributed by atoms with E-state index >= 15 is 0 Å². The average Bonchev–Trinajstić information content (AvgIpc) is 2.67. The van der Waals surface area contributed by atoms with Gasteiger partial charge in [-0.2, -0.15) is 0 Å². The molecule has 3 amide bonds. The van der Waals surface area contributed by atoms with Crippen molar-refractivity contribution in [3.05, 3.63) is 70.1 Å². The molecular weight excluding hydrogens is 360 g/mol. The van der Waals surface area contributed by atoms with Gasteiger partial charge in [-0.25, -0.2) is 0 Å². The monoisotopic (exact) mass is 384 g/mol. The van der Waals surface area contributed by atoms with E-state index in [1.54, 1.807) is 12.3 Å². The first-order valence-corrected chi connectivity index (χ1v) is 9.01. The van der Waals surface area contributed by atoms with Crippen molar-refractivity contribution in [2.24, 2.45) is 5.73 Å². The molecule has 1 atom stereocenters. The minimum Gasteiger partial charge on any atom is -0.370 e. The summed E-state index contributed by atoms with van der Waals surface area (Å²) in [6.45, 7) is 0.118. The summed E-state index contributed by atoms with van der Waals surface area (Å²) < 4.78 is 0. The van der Waals surface area contributed by atoms with Crippen LogP contribution in [0.3, 0.4) is 0 Å². The summed E-state index contributed by atoms with van der Waals surface area (Å²) in [4.78, 5) is 49.3. The van der Waals surface area contributed by atoms with Crippen LogP contribution in [-0.2, 0) is 27.2 Å². The lowest BCUT2D eigenvalue weighted by molar-refractivity contribution is -0.129. The molecule has 0 spiro atoms. The molecule has 0 fully saturated rings. The van der Waals surface area contributed by atoms with E-state index in [-0.39, 0.29) is 36.8 Å². The fourth-order valence-corrected chi connectivity index (χ4v) is 2.61. The predicted molar refractivity (Wildman–Crippen MR) is 104 cm³/mol. The van der Waals surface area contributed by atoms with Crippen LogP contribution in [0.4, 0.5) is 0 Å². The molecular formula is C20H24N4O4. The number of aromatic nitrogens is 1. The number of H-pyrrole nitrogens is 1. The van der Waals surface area contributed by atoms with Crippen LogP contribution in [-0.4, -0.2) is 35.3 Å². The Kier molecular flexibility index (Phi) is 7.95. The highest BCUT2D eigenvalue weighted by Gasteiger charge is 2.21. The van der Waals surface area contributed by atoms with Crippen molar-refractivity contribution in [3.63, 3.8) is 0 Å². The average molecular weight is 384 g/mol. The van der Waals surface area contributed by atoms with E-state index < -0.39 is 11.9 Å². The fourth-order valence-electron chi connectivity index (χ4n) is 2.61. The van der Waals surface area contributed by atoms with Crippen LogP contribution in [0.1, 0.15) is 24.0 Å². The fraction of sp³-hybridized carbons (Fsp3) is 0.300. The predicted octanol–water partition coefficient (Wildman–Crippen LogP) is 0.0266. The number of nitrogens with one attached hydrogen (secondary N) is 3. The number of rotatable bonds is 10. The molecule has 2 rings (SSSR count). The molecule has 0 saturated carbocycles. The van der Waals surface area contributed by atoms with Crippen LogP contribution in [0.25, 0.3) is 0 Å². The lowest BCUT2D eigenvalue weighted by Gasteiger charge is -2.18. The molecule has 28 heavy (non-hydrogen) atoms. The summed E-state index contributed by atoms with van der Waals surface area (Å²) in [5.41, 5.74) is 6.60. The zero-order chi connectivity index (χ0) is 20.4. The van der Waals surface area contributed by atoms with Crippen molar-refractivity contribution in [2.45, 2.75) is 31.7 Å². The third-order valence-electron chi connectivity index (χ3n) is 4.09. The number of primary amides is 1. The second-order valence-corrected chi connectivity index (χ2v) is 6.38. The Labute approximate surface area is 162 Å². The van der Waals surface area contributed by atoms with E-state index in [9.17, 15) is 19.2 Å². The standard InChI is InChI=1S/C20H24N4O4/c21-17(25)10-11-22-20(28)16(12-14-4-2-1-3-5-14)24-19(27)9-7-15-6-8-18(26)23-13-15/h1-6,8,13,16H,7,9-12H2,(H2,21,25)(H,22,28)(H,23,26)(H,24,27). The zero-order valence-corrected chi connectivity index (χ0v) is 15.4. The van der Waals surface area contributed by atoms with E-state index in [1.807, 2.05) is 30.3 Å². The van der Waals surface area contributed by atoms with Gasteiger partial charge in [-0.15, -0.1) is 0 Å². The number of hydrogen-bond donors (Lipinski definition) is 4. The summed E-state index contributed by atoms with van der Waals surface area (Å²) in [7, 11) is 0. The minimum absolute atomic E-state index is 0.0317. The smallest absolute Gasteiger partial charge is 0.247 e. The first kappa shape index (κ1) is 20.9. The Morgan fingerprint density at radius 3 is 2.39 bits per heavy atom. The largest absolute Gasteiger partial charge is 0.370 e. The Balaban J connectivity index is 1.95. The van der Waals surface area contributed by atoms with Gasteiger partial charge in [0, 0.05) is 38.1 Å². The quantitative estimate of drug-likeness (QED) is 0.460. The lowest BCUT2D eigenvalue weighted by atomic mass is 10.0. The number of aryl methyl sites for hydroxylation is 1. The minimum atomic E-state index is -0.765. The maximum Gasteiger partial charge on any atom is 0.247 e. The van der Waals surface area contributed by atoms with Crippen molar-refractivity contribution < 1.29 is 14.4 Å². The SMILES string of the molecule is NC(=O)CCNC(=O)C(Cc1ccccc1)NC(=O)CCc1ccc(=O)[nH]c1. The van der Waals surface area contributed by atoms with Crippen LogP contribution < -0.4 is 21.9 Å². The lowest BCUT2D eigenvalue weighted by Crippen LogP contribution is -2.48. The van der Waals surface area contributed by atoms with E-state index in [2.05, 4.69) is 15.6 Å². The van der Waals surface area contributed by atoms with Crippen LogP contribution in [0.15, 0.2) is 53.5 Å². The molecule has 8 heteroatoms. The van der Waals surface area contributed by atoms with Gasteiger partial charge in [-0.1, -0.05) is 36.4 Å². The van der Waals surface area contributed by atoms with Crippen LogP contribution in [0, 0.1) is 0 Å². The number of amides is 3. The maximum atomic E-state index is 12.5. The van der Waals surface area contributed by atoms with E-state index in [0.717, 1.165) is 11.1 Å². The molecule has 148 valence electrons. The molecule has 8 nitrogen and oxygen atoms in total. The summed E-state index contributed by atoms with van der Waals surface area (Å²) in [6.07, 6.45) is 2.53. The van der Waals surface area contributed by atoms with Crippen molar-refractivity contribution in [2.75, 3.05) is 6.54 Å². The Morgan fingerprint density at radius 2 is 1.75 bits per heavy atom. The van der Waals surface area contributed by atoms with Crippen molar-refractivity contribution in [1.29, 1.82) is 0 Å². The number of carbonyl (C=O) groups is 3. The van der Waals surface area contributed by atoms with Crippen LogP contribution >= 0.6 is 0 Å². The normalized spacial score (nSPS) is 11.4. The van der Waals surface area contributed by atoms with Gasteiger partial charge in [0.2, 0.25) is 23.3 Å². The molecule has 0 saturated heterocycles. The number of nitrogens with two attached hydrogens (primary N) is 1. The third-order valence-corrected chi connectivity index (χ3v) is 4.09. The summed E-state index contributed by atoms with van der Waals surface area (Å²) >= 11 is 0.